The van der Waals surface area contributed by atoms with Crippen LogP contribution in [0.2, 0.25) is 0 Å². The molecule has 1 aliphatic rings. The quantitative estimate of drug-likeness (QED) is 0.377. The van der Waals surface area contributed by atoms with Crippen LogP contribution in [0.4, 0.5) is 0 Å². The molecule has 0 heterocycles. The van der Waals surface area contributed by atoms with Crippen LogP contribution in [0.3, 0.4) is 0 Å². The number of allylic oxidation sites excluding steroid dienone is 6. The number of nitriles is 1. The maximum absolute atomic E-state index is 10.3. The van der Waals surface area contributed by atoms with Gasteiger partial charge in [0.05, 0.1) is 0 Å². The van der Waals surface area contributed by atoms with E-state index < -0.39 is 11.9 Å². The Kier molecular flexibility index (Phi) is 10.5. The number of nitrogens with zero attached hydrogens (tertiary/aromatic N) is 1. The average Bonchev–Trinajstić information content (AvgIpc) is 2.60. The summed E-state index contributed by atoms with van der Waals surface area (Å²) in [4.78, 5) is 0. The third kappa shape index (κ3) is 7.78. The van der Waals surface area contributed by atoms with Gasteiger partial charge >= 0.3 is 0 Å². The minimum Gasteiger partial charge on any atom is -0.353 e. The first kappa shape index (κ1) is 24.4. The fraction of sp³-hybridized carbons (Fsp3) is 0.640. The van der Waals surface area contributed by atoms with Gasteiger partial charge in [0.1, 0.15) is 6.07 Å². The van der Waals surface area contributed by atoms with E-state index in [1.807, 2.05) is 13.8 Å². The molecule has 0 saturated heterocycles. The van der Waals surface area contributed by atoms with Gasteiger partial charge in [-0.1, -0.05) is 54.9 Å². The van der Waals surface area contributed by atoms with Gasteiger partial charge in [-0.25, -0.2) is 0 Å². The van der Waals surface area contributed by atoms with E-state index in [4.69, 9.17) is 9.47 Å². The molecule has 0 radical (unpaired) electrons. The molecule has 1 rings (SSSR count). The highest BCUT2D eigenvalue weighted by atomic mass is 16.7. The second-order valence-corrected chi connectivity index (χ2v) is 8.22. The van der Waals surface area contributed by atoms with Crippen molar-refractivity contribution in [3.63, 3.8) is 0 Å². The number of hydrogen-bond donors (Lipinski definition) is 0. The van der Waals surface area contributed by atoms with Gasteiger partial charge in [0.15, 0.2) is 11.9 Å². The van der Waals surface area contributed by atoms with Crippen LogP contribution < -0.4 is 0 Å². The zero-order chi connectivity index (χ0) is 21.2. The van der Waals surface area contributed by atoms with Crippen molar-refractivity contribution in [2.45, 2.75) is 92.5 Å². The molecule has 0 bridgehead atoms. The zero-order valence-electron chi connectivity index (χ0n) is 19.0. The third-order valence-electron chi connectivity index (χ3n) is 5.18. The van der Waals surface area contributed by atoms with Gasteiger partial charge in [0.25, 0.3) is 0 Å². The van der Waals surface area contributed by atoms with Crippen molar-refractivity contribution in [1.29, 1.82) is 5.26 Å². The Morgan fingerprint density at radius 2 is 1.61 bits per heavy atom. The van der Waals surface area contributed by atoms with Crippen molar-refractivity contribution >= 4 is 0 Å². The van der Waals surface area contributed by atoms with Gasteiger partial charge in [-0.15, -0.1) is 0 Å². The first-order valence-electron chi connectivity index (χ1n) is 10.6. The van der Waals surface area contributed by atoms with Crippen LogP contribution in [0.5, 0.6) is 0 Å². The maximum atomic E-state index is 10.3. The lowest BCUT2D eigenvalue weighted by Gasteiger charge is -2.34. The van der Waals surface area contributed by atoms with Crippen LogP contribution in [0.25, 0.3) is 0 Å². The van der Waals surface area contributed by atoms with Gasteiger partial charge in [-0.3, -0.25) is 0 Å². The van der Waals surface area contributed by atoms with Crippen molar-refractivity contribution in [2.75, 3.05) is 6.61 Å². The van der Waals surface area contributed by atoms with Crippen molar-refractivity contribution in [1.82, 2.24) is 0 Å². The number of ether oxygens (including phenoxy) is 2. The van der Waals surface area contributed by atoms with Crippen LogP contribution in [0.15, 0.2) is 46.6 Å². The smallest absolute Gasteiger partial charge is 0.182 e. The lowest BCUT2D eigenvalue weighted by atomic mass is 9.81. The van der Waals surface area contributed by atoms with Gasteiger partial charge < -0.3 is 9.47 Å². The van der Waals surface area contributed by atoms with Crippen molar-refractivity contribution in [3.8, 4) is 6.07 Å². The summed E-state index contributed by atoms with van der Waals surface area (Å²) in [7, 11) is 0. The van der Waals surface area contributed by atoms with Crippen molar-refractivity contribution in [2.24, 2.45) is 5.92 Å². The Hall–Kier alpha value is -1.63. The second kappa shape index (κ2) is 12.0. The topological polar surface area (TPSA) is 42.2 Å². The third-order valence-corrected chi connectivity index (χ3v) is 5.18. The predicted octanol–water partition coefficient (Wildman–Crippen LogP) is 7.03. The van der Waals surface area contributed by atoms with Gasteiger partial charge in [0, 0.05) is 13.0 Å². The molecule has 2 atom stereocenters. The molecule has 0 fully saturated rings. The summed E-state index contributed by atoms with van der Waals surface area (Å²) < 4.78 is 11.9. The highest BCUT2D eigenvalue weighted by Crippen LogP contribution is 2.35. The summed E-state index contributed by atoms with van der Waals surface area (Å²) in [6, 6.07) is 2.52. The lowest BCUT2D eigenvalue weighted by Crippen LogP contribution is -2.39. The van der Waals surface area contributed by atoms with Gasteiger partial charge in [-0.2, -0.15) is 5.26 Å². The number of hydrogen-bond acceptors (Lipinski definition) is 3. The Morgan fingerprint density at radius 1 is 1.00 bits per heavy atom. The first-order valence-corrected chi connectivity index (χ1v) is 10.6. The van der Waals surface area contributed by atoms with E-state index in [1.165, 1.54) is 16.7 Å². The molecule has 28 heavy (non-hydrogen) atoms. The lowest BCUT2D eigenvalue weighted by molar-refractivity contribution is -0.171. The monoisotopic (exact) mass is 385 g/mol. The van der Waals surface area contributed by atoms with E-state index in [0.717, 1.165) is 31.3 Å². The van der Waals surface area contributed by atoms with E-state index in [0.29, 0.717) is 13.0 Å². The molecule has 0 aromatic rings. The Labute approximate surface area is 172 Å². The zero-order valence-corrected chi connectivity index (χ0v) is 19.0. The Morgan fingerprint density at radius 3 is 2.18 bits per heavy atom. The van der Waals surface area contributed by atoms with Crippen LogP contribution >= 0.6 is 0 Å². The van der Waals surface area contributed by atoms with Crippen LogP contribution in [-0.2, 0) is 9.47 Å². The minimum atomic E-state index is -1.02. The Bertz CT molecular complexity index is 661. The fourth-order valence-corrected chi connectivity index (χ4v) is 3.66. The first-order chi connectivity index (χ1) is 13.2. The van der Waals surface area contributed by atoms with Crippen LogP contribution in [-0.4, -0.2) is 18.5 Å². The highest BCUT2D eigenvalue weighted by Gasteiger charge is 2.39. The Balaban J connectivity index is 3.44. The summed E-state index contributed by atoms with van der Waals surface area (Å²) in [6.07, 6.45) is 13.1. The molecule has 0 aliphatic heterocycles. The molecule has 1 aliphatic carbocycles. The van der Waals surface area contributed by atoms with E-state index in [2.05, 4.69) is 65.0 Å². The molecule has 2 unspecified atom stereocenters. The maximum Gasteiger partial charge on any atom is 0.182 e. The second-order valence-electron chi connectivity index (χ2n) is 8.22. The number of rotatable bonds is 5. The van der Waals surface area contributed by atoms with E-state index in [9.17, 15) is 5.26 Å². The van der Waals surface area contributed by atoms with Crippen LogP contribution in [0, 0.1) is 17.2 Å². The summed E-state index contributed by atoms with van der Waals surface area (Å²) in [5.41, 5.74) is 3.92. The average molecular weight is 386 g/mol. The molecule has 0 aromatic heterocycles. The molecule has 0 spiro atoms. The molecule has 0 saturated carbocycles. The summed E-state index contributed by atoms with van der Waals surface area (Å²) in [6.45, 7) is 15.1. The molecule has 156 valence electrons. The minimum absolute atomic E-state index is 0.195. The molecular formula is C25H39NO2. The van der Waals surface area contributed by atoms with Crippen molar-refractivity contribution < 1.29 is 9.47 Å². The summed E-state index contributed by atoms with van der Waals surface area (Å²) in [5.74, 6) is 0.195. The van der Waals surface area contributed by atoms with Gasteiger partial charge in [-0.05, 0) is 71.8 Å². The fourth-order valence-electron chi connectivity index (χ4n) is 3.66. The molecule has 3 heteroatoms. The summed E-state index contributed by atoms with van der Waals surface area (Å²) in [5, 5.41) is 10.3. The molecule has 0 aromatic carbocycles. The predicted molar refractivity (Wildman–Crippen MR) is 118 cm³/mol. The highest BCUT2D eigenvalue weighted by molar-refractivity contribution is 5.35. The van der Waals surface area contributed by atoms with Gasteiger partial charge in [0.2, 0.25) is 0 Å². The largest absolute Gasteiger partial charge is 0.353 e. The molecule has 0 amide bonds. The standard InChI is InChI=1S/C25H39NO2/c1-8-27-23(7)28-25(18-26)17-22(6)14-10-12-20(4)11-9-13-21(5)15-16-24(25)19(2)3/h11,14-16,19,23H,8-10,12-13,17H2,1-7H3/b20-11-,21-15-,22-14-,24-16?. The molecule has 0 N–H and O–H groups in total. The normalized spacial score (nSPS) is 29.2. The van der Waals surface area contributed by atoms with E-state index in [-0.39, 0.29) is 5.92 Å². The van der Waals surface area contributed by atoms with Crippen LogP contribution in [0.1, 0.15) is 80.6 Å². The van der Waals surface area contributed by atoms with Crippen molar-refractivity contribution in [3.05, 3.63) is 46.6 Å². The van der Waals surface area contributed by atoms with E-state index >= 15 is 0 Å². The molecule has 3 nitrogen and oxygen atoms in total. The SMILES string of the molecule is CCOC(C)OC1(C#N)C/C(C)=C\CC/C(C)=C\CC/C(C)=C\C=C1C(C)C. The van der Waals surface area contributed by atoms with E-state index in [1.54, 1.807) is 0 Å². The summed E-state index contributed by atoms with van der Waals surface area (Å²) >= 11 is 0. The molecular weight excluding hydrogens is 346 g/mol.